The standard InChI is InChI=1S/C13H18Cl2N2O2/c1-3-4-13(2,19)7-17-12(18)8-5-9(14)11(15)10(16)6-8/h5-6,19H,3-4,7,16H2,1-2H3,(H,17,18). The van der Waals surface area contributed by atoms with Gasteiger partial charge in [-0.3, -0.25) is 4.79 Å². The molecule has 1 aromatic carbocycles. The van der Waals surface area contributed by atoms with Crippen LogP contribution >= 0.6 is 23.2 Å². The van der Waals surface area contributed by atoms with Gasteiger partial charge in [0.25, 0.3) is 5.91 Å². The van der Waals surface area contributed by atoms with Gasteiger partial charge in [0.1, 0.15) is 0 Å². The fourth-order valence-electron chi connectivity index (χ4n) is 1.74. The van der Waals surface area contributed by atoms with Gasteiger partial charge in [-0.2, -0.15) is 0 Å². The van der Waals surface area contributed by atoms with Gasteiger partial charge in [-0.25, -0.2) is 0 Å². The molecular formula is C13H18Cl2N2O2. The number of nitrogens with two attached hydrogens (primary N) is 1. The molecule has 0 heterocycles. The van der Waals surface area contributed by atoms with E-state index in [1.54, 1.807) is 6.92 Å². The van der Waals surface area contributed by atoms with Crippen LogP contribution in [0.25, 0.3) is 0 Å². The third-order valence-corrected chi connectivity index (χ3v) is 3.55. The highest BCUT2D eigenvalue weighted by atomic mass is 35.5. The van der Waals surface area contributed by atoms with Crippen molar-refractivity contribution in [2.75, 3.05) is 12.3 Å². The van der Waals surface area contributed by atoms with E-state index in [0.717, 1.165) is 6.42 Å². The van der Waals surface area contributed by atoms with E-state index in [2.05, 4.69) is 5.32 Å². The quantitative estimate of drug-likeness (QED) is 0.732. The molecule has 4 nitrogen and oxygen atoms in total. The van der Waals surface area contributed by atoms with E-state index in [-0.39, 0.29) is 28.2 Å². The van der Waals surface area contributed by atoms with E-state index in [1.165, 1.54) is 12.1 Å². The van der Waals surface area contributed by atoms with Gasteiger partial charge in [0, 0.05) is 12.1 Å². The molecule has 0 radical (unpaired) electrons. The summed E-state index contributed by atoms with van der Waals surface area (Å²) in [6, 6.07) is 2.90. The Bertz CT molecular complexity index is 453. The smallest absolute Gasteiger partial charge is 0.251 e. The zero-order valence-corrected chi connectivity index (χ0v) is 12.5. The van der Waals surface area contributed by atoms with Crippen LogP contribution in [-0.2, 0) is 0 Å². The summed E-state index contributed by atoms with van der Waals surface area (Å²) in [4.78, 5) is 11.9. The number of nitrogens with one attached hydrogen (secondary N) is 1. The number of carbonyl (C=O) groups excluding carboxylic acids is 1. The lowest BCUT2D eigenvalue weighted by Crippen LogP contribution is -2.40. The van der Waals surface area contributed by atoms with Crippen LogP contribution in [0.15, 0.2) is 12.1 Å². The SMILES string of the molecule is CCCC(C)(O)CNC(=O)c1cc(N)c(Cl)c(Cl)c1. The number of amides is 1. The topological polar surface area (TPSA) is 75.3 Å². The molecule has 0 aliphatic heterocycles. The second kappa shape index (κ2) is 6.46. The molecule has 1 rings (SSSR count). The molecule has 0 fully saturated rings. The van der Waals surface area contributed by atoms with Gasteiger partial charge in [-0.1, -0.05) is 36.5 Å². The minimum absolute atomic E-state index is 0.166. The zero-order chi connectivity index (χ0) is 14.6. The number of halogens is 2. The van der Waals surface area contributed by atoms with E-state index in [4.69, 9.17) is 28.9 Å². The Morgan fingerprint density at radius 3 is 2.63 bits per heavy atom. The number of benzene rings is 1. The molecule has 4 N–H and O–H groups in total. The molecule has 0 aromatic heterocycles. The van der Waals surface area contributed by atoms with Crippen LogP contribution in [0.4, 0.5) is 5.69 Å². The second-order valence-corrected chi connectivity index (χ2v) is 5.58. The predicted molar refractivity (Wildman–Crippen MR) is 78.7 cm³/mol. The molecule has 0 aliphatic carbocycles. The average molecular weight is 305 g/mol. The summed E-state index contributed by atoms with van der Waals surface area (Å²) < 4.78 is 0. The summed E-state index contributed by atoms with van der Waals surface area (Å²) in [5.41, 5.74) is 5.29. The maximum atomic E-state index is 11.9. The molecular weight excluding hydrogens is 287 g/mol. The Kier molecular flexibility index (Phi) is 5.47. The highest BCUT2D eigenvalue weighted by Gasteiger charge is 2.20. The lowest BCUT2D eigenvalue weighted by molar-refractivity contribution is 0.0469. The van der Waals surface area contributed by atoms with Gasteiger partial charge < -0.3 is 16.2 Å². The first-order valence-corrected chi connectivity index (χ1v) is 6.77. The molecule has 6 heteroatoms. The highest BCUT2D eigenvalue weighted by Crippen LogP contribution is 2.29. The number of carbonyl (C=O) groups is 1. The van der Waals surface area contributed by atoms with Crippen LogP contribution < -0.4 is 11.1 Å². The molecule has 1 unspecified atom stereocenters. The van der Waals surface area contributed by atoms with Gasteiger partial charge in [-0.05, 0) is 25.5 Å². The first-order valence-electron chi connectivity index (χ1n) is 6.02. The van der Waals surface area contributed by atoms with Gasteiger partial charge in [-0.15, -0.1) is 0 Å². The van der Waals surface area contributed by atoms with E-state index in [9.17, 15) is 9.90 Å². The summed E-state index contributed by atoms with van der Waals surface area (Å²) in [6.45, 7) is 3.82. The molecule has 1 aromatic rings. The monoisotopic (exact) mass is 304 g/mol. The molecule has 19 heavy (non-hydrogen) atoms. The third kappa shape index (κ3) is 4.56. The first kappa shape index (κ1) is 16.1. The van der Waals surface area contributed by atoms with Crippen molar-refractivity contribution < 1.29 is 9.90 Å². The van der Waals surface area contributed by atoms with Gasteiger partial charge in [0.15, 0.2) is 0 Å². The van der Waals surface area contributed by atoms with Crippen LogP contribution in [0.5, 0.6) is 0 Å². The normalized spacial score (nSPS) is 13.9. The van der Waals surface area contributed by atoms with Crippen LogP contribution in [-0.4, -0.2) is 23.2 Å². The third-order valence-electron chi connectivity index (χ3n) is 2.74. The number of nitrogen functional groups attached to an aromatic ring is 1. The molecule has 1 amide bonds. The average Bonchev–Trinajstić information content (AvgIpc) is 2.32. The summed E-state index contributed by atoms with van der Waals surface area (Å²) in [5, 5.41) is 13.1. The summed E-state index contributed by atoms with van der Waals surface area (Å²) in [6.07, 6.45) is 1.44. The number of anilines is 1. The summed E-state index contributed by atoms with van der Waals surface area (Å²) >= 11 is 11.7. The van der Waals surface area contributed by atoms with Crippen molar-refractivity contribution in [3.63, 3.8) is 0 Å². The molecule has 0 aliphatic rings. The van der Waals surface area contributed by atoms with E-state index in [1.807, 2.05) is 6.92 Å². The molecule has 0 saturated carbocycles. The number of hydrogen-bond donors (Lipinski definition) is 3. The Balaban J connectivity index is 2.74. The van der Waals surface area contributed by atoms with Crippen molar-refractivity contribution in [1.29, 1.82) is 0 Å². The number of aliphatic hydroxyl groups is 1. The maximum absolute atomic E-state index is 11.9. The largest absolute Gasteiger partial charge is 0.397 e. The number of rotatable bonds is 5. The van der Waals surface area contributed by atoms with Gasteiger partial charge >= 0.3 is 0 Å². The van der Waals surface area contributed by atoms with E-state index in [0.29, 0.717) is 12.0 Å². The Morgan fingerprint density at radius 1 is 1.47 bits per heavy atom. The van der Waals surface area contributed by atoms with Crippen LogP contribution in [0.1, 0.15) is 37.0 Å². The van der Waals surface area contributed by atoms with Crippen molar-refractivity contribution in [2.24, 2.45) is 0 Å². The van der Waals surface area contributed by atoms with Crippen LogP contribution in [0.3, 0.4) is 0 Å². The zero-order valence-electron chi connectivity index (χ0n) is 11.0. The molecule has 1 atom stereocenters. The fraction of sp³-hybridized carbons (Fsp3) is 0.462. The Labute approximate surface area is 122 Å². The minimum atomic E-state index is -0.924. The summed E-state index contributed by atoms with van der Waals surface area (Å²) in [7, 11) is 0. The van der Waals surface area contributed by atoms with Crippen molar-refractivity contribution in [2.45, 2.75) is 32.3 Å². The maximum Gasteiger partial charge on any atom is 0.251 e. The lowest BCUT2D eigenvalue weighted by atomic mass is 10.0. The molecule has 0 saturated heterocycles. The Morgan fingerprint density at radius 2 is 2.11 bits per heavy atom. The molecule has 0 spiro atoms. The first-order chi connectivity index (χ1) is 8.76. The van der Waals surface area contributed by atoms with Crippen molar-refractivity contribution in [1.82, 2.24) is 5.32 Å². The predicted octanol–water partition coefficient (Wildman–Crippen LogP) is 2.86. The van der Waals surface area contributed by atoms with E-state index >= 15 is 0 Å². The fourth-order valence-corrected chi connectivity index (χ4v) is 2.08. The van der Waals surface area contributed by atoms with E-state index < -0.39 is 5.60 Å². The number of hydrogen-bond acceptors (Lipinski definition) is 3. The van der Waals surface area contributed by atoms with Crippen molar-refractivity contribution >= 4 is 34.8 Å². The Hall–Kier alpha value is -0.970. The van der Waals surface area contributed by atoms with Gasteiger partial charge in [0.2, 0.25) is 0 Å². The minimum Gasteiger partial charge on any atom is -0.397 e. The van der Waals surface area contributed by atoms with Crippen LogP contribution in [0.2, 0.25) is 10.0 Å². The molecule has 106 valence electrons. The molecule has 0 bridgehead atoms. The lowest BCUT2D eigenvalue weighted by Gasteiger charge is -2.23. The second-order valence-electron chi connectivity index (χ2n) is 4.79. The van der Waals surface area contributed by atoms with Crippen LogP contribution in [0, 0.1) is 0 Å². The van der Waals surface area contributed by atoms with Crippen molar-refractivity contribution in [3.05, 3.63) is 27.7 Å². The van der Waals surface area contributed by atoms with Gasteiger partial charge in [0.05, 0.1) is 21.3 Å². The van der Waals surface area contributed by atoms with Crippen molar-refractivity contribution in [3.8, 4) is 0 Å². The summed E-state index contributed by atoms with van der Waals surface area (Å²) in [5.74, 6) is -0.346. The highest BCUT2D eigenvalue weighted by molar-refractivity contribution is 6.43.